The largest absolute Gasteiger partial charge is 0.394 e. The SMILES string of the molecule is C=C(OS(=O)(=O)c1ccc(C)cc1)C(O)OCCO. The lowest BCUT2D eigenvalue weighted by molar-refractivity contribution is -0.0972. The van der Waals surface area contributed by atoms with Gasteiger partial charge in [-0.2, -0.15) is 8.42 Å². The zero-order valence-corrected chi connectivity index (χ0v) is 11.3. The third kappa shape index (κ3) is 4.64. The Balaban J connectivity index is 2.74. The molecular formula is C12H16O6S. The van der Waals surface area contributed by atoms with Crippen molar-refractivity contribution in [1.29, 1.82) is 0 Å². The van der Waals surface area contributed by atoms with Crippen LogP contribution < -0.4 is 0 Å². The van der Waals surface area contributed by atoms with Crippen LogP contribution in [0.5, 0.6) is 0 Å². The zero-order valence-electron chi connectivity index (χ0n) is 10.4. The smallest absolute Gasteiger partial charge is 0.339 e. The highest BCUT2D eigenvalue weighted by Gasteiger charge is 2.21. The van der Waals surface area contributed by atoms with Crippen LogP contribution in [0.1, 0.15) is 5.56 Å². The van der Waals surface area contributed by atoms with Gasteiger partial charge in [0, 0.05) is 0 Å². The highest BCUT2D eigenvalue weighted by atomic mass is 32.2. The van der Waals surface area contributed by atoms with Crippen LogP contribution in [0.4, 0.5) is 0 Å². The number of aliphatic hydroxyl groups is 2. The molecule has 0 bridgehead atoms. The van der Waals surface area contributed by atoms with Crippen molar-refractivity contribution in [3.63, 3.8) is 0 Å². The maximum Gasteiger partial charge on any atom is 0.339 e. The third-order valence-electron chi connectivity index (χ3n) is 2.17. The van der Waals surface area contributed by atoms with Crippen molar-refractivity contribution in [2.24, 2.45) is 0 Å². The molecule has 0 aromatic heterocycles. The van der Waals surface area contributed by atoms with Crippen LogP contribution in [0.2, 0.25) is 0 Å². The number of hydrogen-bond donors (Lipinski definition) is 2. The summed E-state index contributed by atoms with van der Waals surface area (Å²) in [5.74, 6) is -0.464. The van der Waals surface area contributed by atoms with Crippen molar-refractivity contribution in [3.8, 4) is 0 Å². The van der Waals surface area contributed by atoms with E-state index in [1.165, 1.54) is 12.1 Å². The van der Waals surface area contributed by atoms with Crippen LogP contribution in [0.15, 0.2) is 41.5 Å². The lowest BCUT2D eigenvalue weighted by Gasteiger charge is -2.14. The summed E-state index contributed by atoms with van der Waals surface area (Å²) in [6.45, 7) is 4.63. The number of ether oxygens (including phenoxy) is 1. The molecule has 0 saturated heterocycles. The van der Waals surface area contributed by atoms with Crippen molar-refractivity contribution < 1.29 is 27.6 Å². The van der Waals surface area contributed by atoms with Crippen LogP contribution in [0, 0.1) is 6.92 Å². The number of aryl methyl sites for hydroxylation is 1. The Labute approximate surface area is 112 Å². The average Bonchev–Trinajstić information content (AvgIpc) is 2.35. The normalized spacial score (nSPS) is 13.0. The van der Waals surface area contributed by atoms with E-state index >= 15 is 0 Å². The molecule has 0 amide bonds. The van der Waals surface area contributed by atoms with E-state index < -0.39 is 22.2 Å². The Kier molecular flexibility index (Phi) is 5.49. The van der Waals surface area contributed by atoms with Gasteiger partial charge in [0.2, 0.25) is 6.29 Å². The van der Waals surface area contributed by atoms with Crippen molar-refractivity contribution in [1.82, 2.24) is 0 Å². The Hall–Kier alpha value is -1.41. The molecule has 0 aliphatic carbocycles. The molecule has 0 fully saturated rings. The van der Waals surface area contributed by atoms with E-state index in [9.17, 15) is 13.5 Å². The standard InChI is InChI=1S/C12H16O6S/c1-9-3-5-11(6-4-9)19(15,16)18-10(2)12(14)17-8-7-13/h3-6,12-14H,2,7-8H2,1H3. The molecule has 0 aliphatic rings. The quantitative estimate of drug-likeness (QED) is 0.432. The summed E-state index contributed by atoms with van der Waals surface area (Å²) >= 11 is 0. The van der Waals surface area contributed by atoms with Gasteiger partial charge in [0.25, 0.3) is 0 Å². The minimum Gasteiger partial charge on any atom is -0.394 e. The summed E-state index contributed by atoms with van der Waals surface area (Å²) in [6.07, 6.45) is -1.62. The fourth-order valence-electron chi connectivity index (χ4n) is 1.19. The Morgan fingerprint density at radius 2 is 1.95 bits per heavy atom. The second-order valence-corrected chi connectivity index (χ2v) is 5.31. The molecule has 1 aromatic rings. The first-order chi connectivity index (χ1) is 8.86. The van der Waals surface area contributed by atoms with Crippen LogP contribution in [-0.2, 0) is 19.0 Å². The van der Waals surface area contributed by atoms with Gasteiger partial charge < -0.3 is 19.1 Å². The number of rotatable bonds is 7. The molecule has 2 N–H and O–H groups in total. The third-order valence-corrected chi connectivity index (χ3v) is 3.45. The lowest BCUT2D eigenvalue weighted by Crippen LogP contribution is -2.20. The van der Waals surface area contributed by atoms with E-state index in [0.717, 1.165) is 5.56 Å². The molecular weight excluding hydrogens is 272 g/mol. The van der Waals surface area contributed by atoms with E-state index in [-0.39, 0.29) is 18.1 Å². The molecule has 0 saturated carbocycles. The van der Waals surface area contributed by atoms with E-state index in [4.69, 9.17) is 5.11 Å². The lowest BCUT2D eigenvalue weighted by atomic mass is 10.2. The van der Waals surface area contributed by atoms with Gasteiger partial charge in [-0.05, 0) is 19.1 Å². The van der Waals surface area contributed by atoms with Gasteiger partial charge in [0.1, 0.15) is 4.90 Å². The van der Waals surface area contributed by atoms with Crippen molar-refractivity contribution in [2.75, 3.05) is 13.2 Å². The van der Waals surface area contributed by atoms with Crippen molar-refractivity contribution in [3.05, 3.63) is 42.2 Å². The first kappa shape index (κ1) is 15.6. The van der Waals surface area contributed by atoms with Gasteiger partial charge in [-0.15, -0.1) is 0 Å². The molecule has 1 rings (SSSR count). The number of hydrogen-bond acceptors (Lipinski definition) is 6. The number of aliphatic hydroxyl groups excluding tert-OH is 2. The molecule has 1 atom stereocenters. The molecule has 6 nitrogen and oxygen atoms in total. The Morgan fingerprint density at radius 3 is 2.47 bits per heavy atom. The molecule has 0 heterocycles. The minimum absolute atomic E-state index is 0.0476. The van der Waals surface area contributed by atoms with Crippen LogP contribution in [0.3, 0.4) is 0 Å². The average molecular weight is 288 g/mol. The number of benzene rings is 1. The summed E-state index contributed by atoms with van der Waals surface area (Å²) in [6, 6.07) is 6.02. The maximum atomic E-state index is 11.8. The van der Waals surface area contributed by atoms with Crippen molar-refractivity contribution in [2.45, 2.75) is 18.1 Å². The first-order valence-electron chi connectivity index (χ1n) is 5.47. The minimum atomic E-state index is -4.05. The Bertz CT molecular complexity index is 520. The summed E-state index contributed by atoms with van der Waals surface area (Å²) in [7, 11) is -4.05. The molecule has 0 spiro atoms. The van der Waals surface area contributed by atoms with E-state index in [0.29, 0.717) is 0 Å². The molecule has 0 aliphatic heterocycles. The topological polar surface area (TPSA) is 93.1 Å². The van der Waals surface area contributed by atoms with Gasteiger partial charge in [0.15, 0.2) is 5.76 Å². The zero-order chi connectivity index (χ0) is 14.5. The van der Waals surface area contributed by atoms with Gasteiger partial charge >= 0.3 is 10.1 Å². The van der Waals surface area contributed by atoms with Gasteiger partial charge in [-0.25, -0.2) is 0 Å². The van der Waals surface area contributed by atoms with Gasteiger partial charge in [-0.1, -0.05) is 24.3 Å². The second-order valence-electron chi connectivity index (χ2n) is 3.76. The van der Waals surface area contributed by atoms with E-state index in [2.05, 4.69) is 15.5 Å². The molecule has 1 aromatic carbocycles. The first-order valence-corrected chi connectivity index (χ1v) is 6.88. The fourth-order valence-corrected chi connectivity index (χ4v) is 2.12. The van der Waals surface area contributed by atoms with Crippen LogP contribution >= 0.6 is 0 Å². The highest BCUT2D eigenvalue weighted by Crippen LogP contribution is 2.17. The summed E-state index contributed by atoms with van der Waals surface area (Å²) < 4.78 is 33.0. The van der Waals surface area contributed by atoms with Crippen LogP contribution in [0.25, 0.3) is 0 Å². The second kappa shape index (κ2) is 6.67. The summed E-state index contributed by atoms with van der Waals surface area (Å²) in [5, 5.41) is 17.9. The molecule has 1 unspecified atom stereocenters. The maximum absolute atomic E-state index is 11.8. The summed E-state index contributed by atoms with van der Waals surface area (Å²) in [5.41, 5.74) is 0.907. The molecule has 19 heavy (non-hydrogen) atoms. The fraction of sp³-hybridized carbons (Fsp3) is 0.333. The molecule has 0 radical (unpaired) electrons. The van der Waals surface area contributed by atoms with E-state index in [1.54, 1.807) is 12.1 Å². The highest BCUT2D eigenvalue weighted by molar-refractivity contribution is 7.86. The van der Waals surface area contributed by atoms with Crippen LogP contribution in [-0.4, -0.2) is 38.1 Å². The predicted octanol–water partition coefficient (Wildman–Crippen LogP) is 0.541. The summed E-state index contributed by atoms with van der Waals surface area (Å²) in [4.78, 5) is -0.0476. The van der Waals surface area contributed by atoms with Gasteiger partial charge in [0.05, 0.1) is 13.2 Å². The molecule has 7 heteroatoms. The van der Waals surface area contributed by atoms with Gasteiger partial charge in [-0.3, -0.25) is 0 Å². The Morgan fingerprint density at radius 1 is 1.37 bits per heavy atom. The molecule has 106 valence electrons. The predicted molar refractivity (Wildman–Crippen MR) is 67.6 cm³/mol. The van der Waals surface area contributed by atoms with E-state index in [1.807, 2.05) is 6.92 Å². The monoisotopic (exact) mass is 288 g/mol. The van der Waals surface area contributed by atoms with Crippen molar-refractivity contribution >= 4 is 10.1 Å².